The summed E-state index contributed by atoms with van der Waals surface area (Å²) < 4.78 is 47.6. The van der Waals surface area contributed by atoms with Crippen molar-refractivity contribution >= 4 is 100 Å². The third-order valence-corrected chi connectivity index (χ3v) is 23.7. The summed E-state index contributed by atoms with van der Waals surface area (Å²) in [7, 11) is 0. The summed E-state index contributed by atoms with van der Waals surface area (Å²) in [6, 6.07) is -25.1. The van der Waals surface area contributed by atoms with Crippen molar-refractivity contribution in [3.63, 3.8) is 0 Å². The highest BCUT2D eigenvalue weighted by Gasteiger charge is 2.56. The molecule has 54 nitrogen and oxygen atoms in total. The molecule has 8 fully saturated rings. The van der Waals surface area contributed by atoms with E-state index in [1.165, 1.54) is 27.7 Å². The first kappa shape index (κ1) is 108. The minimum absolute atomic E-state index is 0.369. The highest BCUT2D eigenvalue weighted by Crippen LogP contribution is 2.35. The molecule has 0 saturated carbocycles. The average molecular weight is 1890 g/mol. The van der Waals surface area contributed by atoms with Crippen molar-refractivity contribution < 1.29 is 186 Å². The number of carboxylic acids is 1. The van der Waals surface area contributed by atoms with Gasteiger partial charge in [-0.1, -0.05) is 0 Å². The van der Waals surface area contributed by atoms with Crippen LogP contribution >= 0.6 is 0 Å². The fourth-order valence-corrected chi connectivity index (χ4v) is 16.7. The number of aliphatic hydroxyl groups excluding tert-OH is 12. The Hall–Kier alpha value is -9.81. The van der Waals surface area contributed by atoms with E-state index in [9.17, 15) is 148 Å². The van der Waals surface area contributed by atoms with Gasteiger partial charge in [-0.25, -0.2) is 0 Å². The lowest BCUT2D eigenvalue weighted by molar-refractivity contribution is -0.280. The van der Waals surface area contributed by atoms with Gasteiger partial charge in [0.2, 0.25) is 94.5 Å². The summed E-state index contributed by atoms with van der Waals surface area (Å²) >= 11 is 0. The molecule has 8 heterocycles. The summed E-state index contributed by atoms with van der Waals surface area (Å²) in [6.07, 6.45) is -33.9. The zero-order chi connectivity index (χ0) is 98.5. The van der Waals surface area contributed by atoms with E-state index in [2.05, 4.69) is 63.8 Å². The molecule has 16 amide bonds. The fraction of sp³-hybridized carbons (Fsp3) is 0.782. The van der Waals surface area contributed by atoms with Gasteiger partial charge in [0.05, 0.1) is 50.8 Å². The van der Waals surface area contributed by atoms with Gasteiger partial charge >= 0.3 is 5.97 Å². The number of aliphatic hydroxyl groups is 12. The van der Waals surface area contributed by atoms with Crippen LogP contribution in [0.4, 0.5) is 0 Å². The molecule has 744 valence electrons. The Kier molecular flexibility index (Phi) is 38.2. The summed E-state index contributed by atoms with van der Waals surface area (Å²) in [5.74, 6) is -16.5. The second-order valence-electron chi connectivity index (χ2n) is 34.1. The van der Waals surface area contributed by atoms with E-state index < -0.39 is 392 Å². The van der Waals surface area contributed by atoms with Gasteiger partial charge in [-0.2, -0.15) is 0 Å². The first-order valence-electron chi connectivity index (χ1n) is 42.9. The minimum atomic E-state index is -1.86. The summed E-state index contributed by atoms with van der Waals surface area (Å²) in [4.78, 5) is 236. The number of carbonyl (C=O) groups is 17. The van der Waals surface area contributed by atoms with Crippen LogP contribution in [-0.2, 0) is 119 Å². The molecule has 8 rings (SSSR count). The average Bonchev–Trinajstić information content (AvgIpc) is 1.48. The van der Waals surface area contributed by atoms with Crippen LogP contribution in [-0.4, -0.2) is 459 Å². The lowest BCUT2D eigenvalue weighted by Gasteiger charge is -2.42. The molecule has 0 radical (unpaired) electrons. The lowest BCUT2D eigenvalue weighted by atomic mass is 9.97. The van der Waals surface area contributed by atoms with E-state index in [4.69, 9.17) is 37.9 Å². The van der Waals surface area contributed by atoms with E-state index in [1.54, 1.807) is 0 Å². The molecule has 0 aromatic rings. The molecule has 0 spiro atoms. The molecule has 0 bridgehead atoms. The number of rotatable bonds is 36. The van der Waals surface area contributed by atoms with Gasteiger partial charge in [0.1, 0.15) is 170 Å². The molecular formula is C78H124N16O38. The molecule has 54 heteroatoms. The highest BCUT2D eigenvalue weighted by molar-refractivity contribution is 6.00. The molecular weight excluding hydrogens is 1770 g/mol. The number of likely N-dealkylation sites (tertiary alicyclic amines) is 4. The lowest BCUT2D eigenvalue weighted by Crippen LogP contribution is -2.65. The van der Waals surface area contributed by atoms with Crippen LogP contribution in [0.1, 0.15) is 116 Å². The van der Waals surface area contributed by atoms with Gasteiger partial charge < -0.3 is 188 Å². The first-order chi connectivity index (χ1) is 61.8. The Morgan fingerprint density at radius 2 is 0.485 bits per heavy atom. The number of ether oxygens (including phenoxy) is 8. The van der Waals surface area contributed by atoms with Crippen LogP contribution in [0.2, 0.25) is 0 Å². The molecule has 25 N–H and O–H groups in total. The number of carboxylic acid groups (broad SMARTS) is 1. The third-order valence-electron chi connectivity index (χ3n) is 23.7. The molecule has 0 aromatic carbocycles. The van der Waals surface area contributed by atoms with Crippen LogP contribution in [0.15, 0.2) is 0 Å². The van der Waals surface area contributed by atoms with Crippen LogP contribution in [0.3, 0.4) is 0 Å². The zero-order valence-corrected chi connectivity index (χ0v) is 74.6. The van der Waals surface area contributed by atoms with Crippen molar-refractivity contribution in [3.05, 3.63) is 0 Å². The normalized spacial score (nSPS) is 34.1. The predicted molar refractivity (Wildman–Crippen MR) is 436 cm³/mol. The van der Waals surface area contributed by atoms with E-state index >= 15 is 0 Å². The predicted octanol–water partition coefficient (Wildman–Crippen LogP) is -16.2. The maximum atomic E-state index is 15.0. The second-order valence-corrected chi connectivity index (χ2v) is 34.1. The van der Waals surface area contributed by atoms with Crippen LogP contribution in [0.5, 0.6) is 0 Å². The number of aliphatic carboxylic acids is 1. The van der Waals surface area contributed by atoms with Gasteiger partial charge in [0.15, 0.2) is 25.2 Å². The molecule has 0 aromatic heterocycles. The van der Waals surface area contributed by atoms with Gasteiger partial charge in [0.25, 0.3) is 0 Å². The molecule has 8 saturated heterocycles. The van der Waals surface area contributed by atoms with E-state index in [1.807, 2.05) is 0 Å². The van der Waals surface area contributed by atoms with Crippen molar-refractivity contribution in [2.75, 3.05) is 52.6 Å². The Morgan fingerprint density at radius 3 is 0.667 bits per heavy atom. The summed E-state index contributed by atoms with van der Waals surface area (Å²) in [5, 5.41) is 166. The molecule has 0 unspecified atom stereocenters. The minimum Gasteiger partial charge on any atom is -0.480 e. The van der Waals surface area contributed by atoms with Crippen molar-refractivity contribution in [1.82, 2.24) is 83.4 Å². The SMILES string of the molecule is CC(=O)N[C@H]1[C@@H](O[C@@H]2C[C@@H](C(=O)N[C@@H](C)C(=O)N[C@@H](C)C(=O)N3C[C@H](O[C@H]4O[C@H](CO)[C@H](O)[C@H](O)[C@H]4NC(C)=O)C[C@H]3C(=O)N[C@@H](C)C(=O)N[C@@H](C)C(=O)N3C[C@H](O[C@H]4O[C@H](CO)[C@H](O)[C@H](O)[C@H]4NC(C)=O)C[C@H]3C(=O)N[C@@H](C)C(=O)N[C@@H](C)C(=O)N3C[C@H](O[C@H]4O[C@H](CO)[C@H](O)[C@H](O)[C@H]4NC(C)=O)C[C@H]3C(=O)N[C@@H](C)C(=O)O)N(C(=O)[C@H](C)NC(C)=O)C2)O[C@H](CO)[C@H](O)[C@@H]1O. The molecule has 132 heavy (non-hydrogen) atoms. The van der Waals surface area contributed by atoms with Crippen molar-refractivity contribution in [2.45, 2.75) is 335 Å². The number of hydrogen-bond donors (Lipinski definition) is 25. The molecule has 8 aliphatic rings. The smallest absolute Gasteiger partial charge is 0.325 e. The van der Waals surface area contributed by atoms with Crippen LogP contribution in [0.25, 0.3) is 0 Å². The maximum Gasteiger partial charge on any atom is 0.325 e. The van der Waals surface area contributed by atoms with Gasteiger partial charge in [-0.3, -0.25) is 81.5 Å². The fourth-order valence-electron chi connectivity index (χ4n) is 16.7. The van der Waals surface area contributed by atoms with Crippen molar-refractivity contribution in [3.8, 4) is 0 Å². The van der Waals surface area contributed by atoms with Gasteiger partial charge in [-0.15, -0.1) is 0 Å². The molecule has 8 aliphatic heterocycles. The number of nitrogens with zero attached hydrogens (tertiary/aromatic N) is 4. The second kappa shape index (κ2) is 46.9. The van der Waals surface area contributed by atoms with Gasteiger partial charge in [0, 0.05) is 86.5 Å². The summed E-state index contributed by atoms with van der Waals surface area (Å²) in [6.45, 7) is 9.27. The van der Waals surface area contributed by atoms with Gasteiger partial charge in [-0.05, 0) is 55.4 Å². The zero-order valence-electron chi connectivity index (χ0n) is 74.6. The summed E-state index contributed by atoms with van der Waals surface area (Å²) in [5.41, 5.74) is 0. The van der Waals surface area contributed by atoms with E-state index in [0.29, 0.717) is 0 Å². The van der Waals surface area contributed by atoms with Crippen LogP contribution in [0, 0.1) is 0 Å². The number of amides is 16. The topological polar surface area (TPSA) is 784 Å². The standard InChI is InChI=1S/C78H124N16O38/c1-26(80-66(115)43-14-39(18-91(43)70(119)29(4)79-34(9)99)125-75-51(87-35(10)100)59(108)55(104)47(22-95)129-75)63(112)83-30(5)71(120)92-19-40(126-76-52(88-36(11)101)60(109)56(105)48(23-96)130-76)15-44(92)67(116)81-27(2)64(113)84-31(6)72(121)93-20-41(127-77-53(89-37(12)102)61(110)57(106)49(24-97)131-77)16-45(93)68(117)82-28(3)65(114)85-32(7)73(122)94-21-42(17-46(94)69(118)86-33(8)74(123)124)128-78-54(90-38(13)103)62(111)58(107)50(25-98)132-78/h26-33,39-62,75-78,95-98,104-111H,14-25H2,1-13H3,(H,79,99)(H,80,115)(H,81,116)(H,82,117)(H,83,112)(H,84,113)(H,85,114)(H,86,118)(H,87,100)(H,88,101)(H,89,102)(H,90,103)(H,123,124)/t26-,27-,28-,29-,30-,31-,32-,33-,39+,40+,41+,42+,43-,44-,45-,46-,47+,48+,49+,50+,51+,52+,53+,54+,55-,56-,57-,58-,59+,60+,61+,62+,75-,76-,77-,78-/m0/s1. The van der Waals surface area contributed by atoms with Crippen molar-refractivity contribution in [1.29, 1.82) is 0 Å². The monoisotopic (exact) mass is 1890 g/mol. The van der Waals surface area contributed by atoms with Crippen LogP contribution < -0.4 is 63.8 Å². The quantitative estimate of drug-likeness (QED) is 0.0277. The Balaban J connectivity index is 0.990. The first-order valence-corrected chi connectivity index (χ1v) is 42.9. The Morgan fingerprint density at radius 1 is 0.288 bits per heavy atom. The van der Waals surface area contributed by atoms with E-state index in [-0.39, 0.29) is 6.42 Å². The van der Waals surface area contributed by atoms with E-state index in [0.717, 1.165) is 81.9 Å². The third kappa shape index (κ3) is 26.4. The highest BCUT2D eigenvalue weighted by atomic mass is 16.7. The number of hydrogen-bond acceptors (Lipinski definition) is 37. The largest absolute Gasteiger partial charge is 0.480 e. The molecule has 36 atom stereocenters. The maximum absolute atomic E-state index is 15.0. The number of nitrogens with one attached hydrogen (secondary N) is 12. The Bertz CT molecular complexity index is 4170. The number of carbonyl (C=O) groups excluding carboxylic acids is 16. The Labute approximate surface area is 754 Å². The molecule has 0 aliphatic carbocycles. The van der Waals surface area contributed by atoms with Crippen molar-refractivity contribution in [2.24, 2.45) is 0 Å².